The number of benzene rings is 2. The minimum atomic E-state index is 0.570. The van der Waals surface area contributed by atoms with Crippen LogP contribution in [0.25, 0.3) is 0 Å². The van der Waals surface area contributed by atoms with Crippen molar-refractivity contribution in [2.24, 2.45) is 4.99 Å². The molecule has 0 atom stereocenters. The molecule has 162 valence electrons. The Hall–Kier alpha value is -2.44. The van der Waals surface area contributed by atoms with E-state index in [1.165, 1.54) is 5.69 Å². The first-order valence-corrected chi connectivity index (χ1v) is 10.8. The lowest BCUT2D eigenvalue weighted by Crippen LogP contribution is -2.45. The molecule has 0 bridgehead atoms. The molecule has 0 amide bonds. The van der Waals surface area contributed by atoms with Gasteiger partial charge in [0.2, 0.25) is 0 Å². The summed E-state index contributed by atoms with van der Waals surface area (Å²) in [5.74, 6) is 1.61. The van der Waals surface area contributed by atoms with E-state index in [1.54, 1.807) is 7.11 Å². The van der Waals surface area contributed by atoms with Gasteiger partial charge in [0.05, 0.1) is 13.7 Å². The van der Waals surface area contributed by atoms with Crippen LogP contribution >= 0.6 is 11.6 Å². The standard InChI is InChI=1S/C23H32ClN5O/c1-4-25-23(26-16-18-7-5-8-19(15-18)30-3)27-17-20-21(24)9-6-10-22(20)29-13-11-28(2)12-14-29/h5-10,15H,4,11-14,16-17H2,1-3H3,(H2,25,26,27). The Balaban J connectivity index is 1.71. The molecule has 1 aliphatic rings. The lowest BCUT2D eigenvalue weighted by atomic mass is 10.1. The van der Waals surface area contributed by atoms with Gasteiger partial charge in [-0.15, -0.1) is 0 Å². The Morgan fingerprint density at radius 2 is 1.87 bits per heavy atom. The predicted octanol–water partition coefficient (Wildman–Crippen LogP) is 3.36. The molecule has 0 aromatic heterocycles. The first kappa shape index (κ1) is 22.2. The molecule has 1 heterocycles. The molecular formula is C23H32ClN5O. The lowest BCUT2D eigenvalue weighted by molar-refractivity contribution is 0.312. The number of hydrogen-bond donors (Lipinski definition) is 2. The fourth-order valence-corrected chi connectivity index (χ4v) is 3.76. The highest BCUT2D eigenvalue weighted by Crippen LogP contribution is 2.28. The third-order valence-electron chi connectivity index (χ3n) is 5.27. The van der Waals surface area contributed by atoms with Gasteiger partial charge in [-0.1, -0.05) is 29.8 Å². The van der Waals surface area contributed by atoms with E-state index in [2.05, 4.69) is 46.5 Å². The van der Waals surface area contributed by atoms with Crippen LogP contribution in [0, 0.1) is 0 Å². The number of piperazine rings is 1. The summed E-state index contributed by atoms with van der Waals surface area (Å²) in [6.07, 6.45) is 0. The number of nitrogens with one attached hydrogen (secondary N) is 2. The van der Waals surface area contributed by atoms with Crippen LogP contribution < -0.4 is 20.3 Å². The molecule has 1 fully saturated rings. The first-order valence-electron chi connectivity index (χ1n) is 10.5. The number of aliphatic imine (C=N–C) groups is 1. The van der Waals surface area contributed by atoms with Crippen molar-refractivity contribution in [3.8, 4) is 5.75 Å². The molecule has 1 aliphatic heterocycles. The first-order chi connectivity index (χ1) is 14.6. The van der Waals surface area contributed by atoms with Crippen molar-refractivity contribution in [3.05, 3.63) is 58.6 Å². The Morgan fingerprint density at radius 1 is 1.10 bits per heavy atom. The molecule has 1 saturated heterocycles. The molecule has 3 rings (SSSR count). The number of guanidine groups is 1. The van der Waals surface area contributed by atoms with Gasteiger partial charge in [0, 0.05) is 55.5 Å². The van der Waals surface area contributed by atoms with Crippen molar-refractivity contribution in [2.75, 3.05) is 51.8 Å². The van der Waals surface area contributed by atoms with Crippen molar-refractivity contribution >= 4 is 23.2 Å². The van der Waals surface area contributed by atoms with E-state index in [-0.39, 0.29) is 0 Å². The summed E-state index contributed by atoms with van der Waals surface area (Å²) >= 11 is 6.59. The van der Waals surface area contributed by atoms with Gasteiger partial charge in [-0.3, -0.25) is 0 Å². The monoisotopic (exact) mass is 429 g/mol. The van der Waals surface area contributed by atoms with Gasteiger partial charge in [-0.05, 0) is 43.8 Å². The summed E-state index contributed by atoms with van der Waals surface area (Å²) in [4.78, 5) is 9.51. The minimum absolute atomic E-state index is 0.570. The van der Waals surface area contributed by atoms with Gasteiger partial charge in [-0.25, -0.2) is 4.99 Å². The number of rotatable bonds is 7. The van der Waals surface area contributed by atoms with Crippen molar-refractivity contribution < 1.29 is 4.74 Å². The summed E-state index contributed by atoms with van der Waals surface area (Å²) in [7, 11) is 3.84. The molecule has 0 aliphatic carbocycles. The van der Waals surface area contributed by atoms with Gasteiger partial charge < -0.3 is 25.2 Å². The van der Waals surface area contributed by atoms with Crippen LogP contribution in [0.2, 0.25) is 5.02 Å². The van der Waals surface area contributed by atoms with Crippen molar-refractivity contribution in [2.45, 2.75) is 20.0 Å². The average Bonchev–Trinajstić information content (AvgIpc) is 2.77. The number of anilines is 1. The number of halogens is 1. The molecule has 7 heteroatoms. The van der Waals surface area contributed by atoms with Gasteiger partial charge in [0.15, 0.2) is 5.96 Å². The maximum absolute atomic E-state index is 6.59. The lowest BCUT2D eigenvalue weighted by Gasteiger charge is -2.35. The summed E-state index contributed by atoms with van der Waals surface area (Å²) in [6, 6.07) is 14.1. The van der Waals surface area contributed by atoms with E-state index < -0.39 is 0 Å². The SMILES string of the molecule is CCNC(=NCc1cccc(OC)c1)NCc1c(Cl)cccc1N1CCN(C)CC1. The Bertz CT molecular complexity index is 849. The second-order valence-electron chi connectivity index (χ2n) is 7.43. The van der Waals surface area contributed by atoms with Gasteiger partial charge in [-0.2, -0.15) is 0 Å². The normalized spacial score (nSPS) is 15.2. The van der Waals surface area contributed by atoms with Gasteiger partial charge in [0.1, 0.15) is 5.75 Å². The number of ether oxygens (including phenoxy) is 1. The fourth-order valence-electron chi connectivity index (χ4n) is 3.52. The largest absolute Gasteiger partial charge is 0.497 e. The average molecular weight is 430 g/mol. The van der Waals surface area contributed by atoms with E-state index in [1.807, 2.05) is 30.3 Å². The van der Waals surface area contributed by atoms with E-state index >= 15 is 0 Å². The summed E-state index contributed by atoms with van der Waals surface area (Å²) in [5, 5.41) is 7.55. The summed E-state index contributed by atoms with van der Waals surface area (Å²) in [6.45, 7) is 8.17. The van der Waals surface area contributed by atoms with E-state index in [0.717, 1.165) is 60.6 Å². The van der Waals surface area contributed by atoms with Gasteiger partial charge >= 0.3 is 0 Å². The maximum atomic E-state index is 6.59. The molecule has 0 radical (unpaired) electrons. The van der Waals surface area contributed by atoms with E-state index in [0.29, 0.717) is 13.1 Å². The molecule has 2 aromatic carbocycles. The molecule has 2 aromatic rings. The Morgan fingerprint density at radius 3 is 2.60 bits per heavy atom. The summed E-state index contributed by atoms with van der Waals surface area (Å²) < 4.78 is 5.30. The van der Waals surface area contributed by atoms with Crippen LogP contribution in [-0.2, 0) is 13.1 Å². The highest BCUT2D eigenvalue weighted by Gasteiger charge is 2.18. The third kappa shape index (κ3) is 6.03. The van der Waals surface area contributed by atoms with Crippen molar-refractivity contribution in [1.82, 2.24) is 15.5 Å². The second-order valence-corrected chi connectivity index (χ2v) is 7.84. The number of likely N-dealkylation sites (N-methyl/N-ethyl adjacent to an activating group) is 1. The molecule has 6 nitrogen and oxygen atoms in total. The molecule has 2 N–H and O–H groups in total. The fraction of sp³-hybridized carbons (Fsp3) is 0.435. The van der Waals surface area contributed by atoms with Gasteiger partial charge in [0.25, 0.3) is 0 Å². The smallest absolute Gasteiger partial charge is 0.191 e. The zero-order valence-electron chi connectivity index (χ0n) is 18.1. The van der Waals surface area contributed by atoms with E-state index in [9.17, 15) is 0 Å². The molecule has 0 saturated carbocycles. The molecular weight excluding hydrogens is 398 g/mol. The zero-order valence-corrected chi connectivity index (χ0v) is 18.9. The highest BCUT2D eigenvalue weighted by atomic mass is 35.5. The number of hydrogen-bond acceptors (Lipinski definition) is 4. The second kappa shape index (κ2) is 11.1. The van der Waals surface area contributed by atoms with Crippen LogP contribution in [-0.4, -0.2) is 57.7 Å². The quantitative estimate of drug-likeness (QED) is 0.522. The van der Waals surface area contributed by atoms with Crippen molar-refractivity contribution in [3.63, 3.8) is 0 Å². The third-order valence-corrected chi connectivity index (χ3v) is 5.62. The van der Waals surface area contributed by atoms with Crippen LogP contribution in [0.15, 0.2) is 47.5 Å². The topological polar surface area (TPSA) is 52.1 Å². The van der Waals surface area contributed by atoms with Crippen LogP contribution in [0.5, 0.6) is 5.75 Å². The Kier molecular flexibility index (Phi) is 8.22. The molecule has 30 heavy (non-hydrogen) atoms. The number of nitrogens with zero attached hydrogens (tertiary/aromatic N) is 3. The maximum Gasteiger partial charge on any atom is 0.191 e. The predicted molar refractivity (Wildman–Crippen MR) is 126 cm³/mol. The number of methoxy groups -OCH3 is 1. The van der Waals surface area contributed by atoms with Crippen LogP contribution in [0.1, 0.15) is 18.1 Å². The highest BCUT2D eigenvalue weighted by molar-refractivity contribution is 6.31. The van der Waals surface area contributed by atoms with Crippen LogP contribution in [0.3, 0.4) is 0 Å². The van der Waals surface area contributed by atoms with Crippen molar-refractivity contribution in [1.29, 1.82) is 0 Å². The Labute approximate surface area is 184 Å². The molecule has 0 unspecified atom stereocenters. The van der Waals surface area contributed by atoms with Crippen LogP contribution in [0.4, 0.5) is 5.69 Å². The minimum Gasteiger partial charge on any atom is -0.497 e. The molecule has 0 spiro atoms. The summed E-state index contributed by atoms with van der Waals surface area (Å²) in [5.41, 5.74) is 3.41. The van der Waals surface area contributed by atoms with E-state index in [4.69, 9.17) is 21.3 Å². The zero-order chi connectivity index (χ0) is 21.3.